The molecule has 3 aromatic rings. The fourth-order valence-electron chi connectivity index (χ4n) is 4.03. The summed E-state index contributed by atoms with van der Waals surface area (Å²) in [5, 5.41) is 9.91. The number of fused-ring (bicyclic) bond motifs is 1. The number of rotatable bonds is 6. The zero-order chi connectivity index (χ0) is 19.6. The van der Waals surface area contributed by atoms with Crippen molar-refractivity contribution in [1.29, 1.82) is 0 Å². The SMILES string of the molecule is O=c1ccc(-n2cccn2)nn1CCN1CCN(Cc2nc3c(s2)CCC3)CC1. The van der Waals surface area contributed by atoms with E-state index in [2.05, 4.69) is 20.0 Å². The zero-order valence-corrected chi connectivity index (χ0v) is 17.2. The van der Waals surface area contributed by atoms with Crippen LogP contribution in [-0.2, 0) is 25.9 Å². The van der Waals surface area contributed by atoms with Crippen LogP contribution in [0.4, 0.5) is 0 Å². The van der Waals surface area contributed by atoms with E-state index in [1.807, 2.05) is 23.6 Å². The van der Waals surface area contributed by atoms with Crippen LogP contribution < -0.4 is 5.56 Å². The average molecular weight is 412 g/mol. The van der Waals surface area contributed by atoms with Crippen molar-refractivity contribution in [2.75, 3.05) is 32.7 Å². The summed E-state index contributed by atoms with van der Waals surface area (Å²) in [5.74, 6) is 0.662. The summed E-state index contributed by atoms with van der Waals surface area (Å²) in [5.41, 5.74) is 1.27. The van der Waals surface area contributed by atoms with Crippen LogP contribution >= 0.6 is 11.3 Å². The minimum absolute atomic E-state index is 0.0728. The van der Waals surface area contributed by atoms with Crippen molar-refractivity contribution in [3.63, 3.8) is 0 Å². The molecule has 5 rings (SSSR count). The van der Waals surface area contributed by atoms with Crippen molar-refractivity contribution >= 4 is 11.3 Å². The van der Waals surface area contributed by atoms with Gasteiger partial charge in [0.25, 0.3) is 5.56 Å². The highest BCUT2D eigenvalue weighted by atomic mass is 32.1. The molecule has 0 bridgehead atoms. The van der Waals surface area contributed by atoms with Gasteiger partial charge in [0.2, 0.25) is 0 Å². The Labute approximate surface area is 173 Å². The van der Waals surface area contributed by atoms with Gasteiger partial charge < -0.3 is 0 Å². The van der Waals surface area contributed by atoms with Gasteiger partial charge in [-0.1, -0.05) is 0 Å². The van der Waals surface area contributed by atoms with Gasteiger partial charge >= 0.3 is 0 Å². The maximum absolute atomic E-state index is 12.2. The van der Waals surface area contributed by atoms with Gasteiger partial charge in [-0.05, 0) is 31.4 Å². The largest absolute Gasteiger partial charge is 0.299 e. The molecule has 0 saturated carbocycles. The molecule has 152 valence electrons. The first-order valence-electron chi connectivity index (χ1n) is 10.2. The molecule has 9 heteroatoms. The van der Waals surface area contributed by atoms with Crippen molar-refractivity contribution in [3.8, 4) is 5.82 Å². The van der Waals surface area contributed by atoms with Crippen molar-refractivity contribution in [1.82, 2.24) is 34.3 Å². The molecule has 0 amide bonds. The van der Waals surface area contributed by atoms with E-state index in [0.29, 0.717) is 12.4 Å². The van der Waals surface area contributed by atoms with E-state index in [1.165, 1.54) is 28.4 Å². The van der Waals surface area contributed by atoms with Gasteiger partial charge in [0.15, 0.2) is 5.82 Å². The summed E-state index contributed by atoms with van der Waals surface area (Å²) >= 11 is 1.91. The van der Waals surface area contributed by atoms with Gasteiger partial charge in [0.05, 0.1) is 18.8 Å². The Balaban J connectivity index is 1.13. The molecule has 0 unspecified atom stereocenters. The van der Waals surface area contributed by atoms with Gasteiger partial charge in [0.1, 0.15) is 5.01 Å². The van der Waals surface area contributed by atoms with Crippen LogP contribution in [-0.4, -0.2) is 67.1 Å². The number of nitrogens with zero attached hydrogens (tertiary/aromatic N) is 7. The number of hydrogen-bond donors (Lipinski definition) is 0. The van der Waals surface area contributed by atoms with Crippen LogP contribution in [0.1, 0.15) is 22.0 Å². The van der Waals surface area contributed by atoms with Gasteiger partial charge in [-0.2, -0.15) is 5.10 Å². The lowest BCUT2D eigenvalue weighted by Gasteiger charge is -2.34. The van der Waals surface area contributed by atoms with Crippen LogP contribution in [0.25, 0.3) is 5.82 Å². The Bertz CT molecular complexity index is 996. The van der Waals surface area contributed by atoms with Crippen LogP contribution in [0, 0.1) is 0 Å². The summed E-state index contributed by atoms with van der Waals surface area (Å²) < 4.78 is 3.21. The highest BCUT2D eigenvalue weighted by molar-refractivity contribution is 7.11. The quantitative estimate of drug-likeness (QED) is 0.607. The second kappa shape index (κ2) is 8.17. The third-order valence-corrected chi connectivity index (χ3v) is 6.83. The highest BCUT2D eigenvalue weighted by Crippen LogP contribution is 2.28. The van der Waals surface area contributed by atoms with Crippen molar-refractivity contribution in [2.45, 2.75) is 32.4 Å². The molecular weight excluding hydrogens is 386 g/mol. The molecule has 0 atom stereocenters. The fourth-order valence-corrected chi connectivity index (χ4v) is 5.23. The first kappa shape index (κ1) is 18.7. The van der Waals surface area contributed by atoms with E-state index >= 15 is 0 Å². The first-order chi connectivity index (χ1) is 14.2. The van der Waals surface area contributed by atoms with Gasteiger partial charge in [0, 0.05) is 56.1 Å². The summed E-state index contributed by atoms with van der Waals surface area (Å²) in [6.07, 6.45) is 7.18. The van der Waals surface area contributed by atoms with Crippen LogP contribution in [0.5, 0.6) is 0 Å². The molecule has 0 aromatic carbocycles. The number of thiazole rings is 1. The summed E-state index contributed by atoms with van der Waals surface area (Å²) in [7, 11) is 0. The Hall–Kier alpha value is -2.36. The van der Waals surface area contributed by atoms with Crippen molar-refractivity contribution in [3.05, 3.63) is 56.5 Å². The molecular formula is C20H25N7OS. The lowest BCUT2D eigenvalue weighted by Crippen LogP contribution is -2.47. The number of aryl methyl sites for hydroxylation is 2. The van der Waals surface area contributed by atoms with Crippen molar-refractivity contribution in [2.24, 2.45) is 0 Å². The lowest BCUT2D eigenvalue weighted by atomic mass is 10.3. The minimum atomic E-state index is -0.0728. The van der Waals surface area contributed by atoms with Crippen LogP contribution in [0.3, 0.4) is 0 Å². The van der Waals surface area contributed by atoms with Gasteiger partial charge in [-0.25, -0.2) is 14.3 Å². The van der Waals surface area contributed by atoms with E-state index in [-0.39, 0.29) is 5.56 Å². The normalized spacial score (nSPS) is 17.7. The molecule has 0 radical (unpaired) electrons. The van der Waals surface area contributed by atoms with Crippen molar-refractivity contribution < 1.29 is 0 Å². The molecule has 1 fully saturated rings. The van der Waals surface area contributed by atoms with E-state index in [4.69, 9.17) is 4.98 Å². The number of piperazine rings is 1. The second-order valence-electron chi connectivity index (χ2n) is 7.65. The Morgan fingerprint density at radius 2 is 1.90 bits per heavy atom. The van der Waals surface area contributed by atoms with Crippen LogP contribution in [0.2, 0.25) is 0 Å². The van der Waals surface area contributed by atoms with E-state index < -0.39 is 0 Å². The molecule has 8 nitrogen and oxygen atoms in total. The lowest BCUT2D eigenvalue weighted by molar-refractivity contribution is 0.122. The molecule has 1 saturated heterocycles. The number of hydrogen-bond acceptors (Lipinski definition) is 7. The average Bonchev–Trinajstić information content (AvgIpc) is 3.46. The summed E-state index contributed by atoms with van der Waals surface area (Å²) in [6, 6.07) is 5.11. The van der Waals surface area contributed by atoms with E-state index in [9.17, 15) is 4.79 Å². The second-order valence-corrected chi connectivity index (χ2v) is 8.82. The Morgan fingerprint density at radius 3 is 2.69 bits per heavy atom. The monoisotopic (exact) mass is 411 g/mol. The third kappa shape index (κ3) is 4.17. The Morgan fingerprint density at radius 1 is 1.03 bits per heavy atom. The smallest absolute Gasteiger partial charge is 0.266 e. The Kier molecular flexibility index (Phi) is 5.26. The summed E-state index contributed by atoms with van der Waals surface area (Å²) in [6.45, 7) is 6.50. The van der Waals surface area contributed by atoms with Gasteiger partial charge in [-0.3, -0.25) is 14.6 Å². The van der Waals surface area contributed by atoms with Gasteiger partial charge in [-0.15, -0.1) is 16.4 Å². The fraction of sp³-hybridized carbons (Fsp3) is 0.500. The van der Waals surface area contributed by atoms with E-state index in [0.717, 1.165) is 45.7 Å². The maximum atomic E-state index is 12.2. The van der Waals surface area contributed by atoms with E-state index in [1.54, 1.807) is 27.7 Å². The molecule has 29 heavy (non-hydrogen) atoms. The standard InChI is InChI=1S/C20H25N7OS/c28-20-6-5-18(26-8-2-7-21-26)23-27(20)14-13-24-9-11-25(12-10-24)15-19-22-16-3-1-4-17(16)29-19/h2,5-8H,1,3-4,9-15H2. The highest BCUT2D eigenvalue weighted by Gasteiger charge is 2.21. The first-order valence-corrected chi connectivity index (χ1v) is 11.1. The number of aromatic nitrogens is 5. The molecule has 1 aliphatic heterocycles. The predicted octanol–water partition coefficient (Wildman–Crippen LogP) is 1.19. The third-order valence-electron chi connectivity index (χ3n) is 5.68. The molecule has 1 aliphatic carbocycles. The molecule has 0 spiro atoms. The van der Waals surface area contributed by atoms with Crippen LogP contribution in [0.15, 0.2) is 35.4 Å². The summed E-state index contributed by atoms with van der Waals surface area (Å²) in [4.78, 5) is 23.4. The molecule has 4 heterocycles. The zero-order valence-electron chi connectivity index (χ0n) is 16.4. The molecule has 2 aliphatic rings. The predicted molar refractivity (Wildman–Crippen MR) is 111 cm³/mol. The molecule has 0 N–H and O–H groups in total. The minimum Gasteiger partial charge on any atom is -0.299 e. The topological polar surface area (TPSA) is 72.1 Å². The molecule has 3 aromatic heterocycles. The maximum Gasteiger partial charge on any atom is 0.266 e.